The van der Waals surface area contributed by atoms with E-state index in [4.69, 9.17) is 4.74 Å². The zero-order valence-corrected chi connectivity index (χ0v) is 16.0. The van der Waals surface area contributed by atoms with E-state index in [9.17, 15) is 13.2 Å². The van der Waals surface area contributed by atoms with E-state index in [0.717, 1.165) is 5.56 Å². The molecule has 8 nitrogen and oxygen atoms in total. The Morgan fingerprint density at radius 3 is 2.36 bits per heavy atom. The van der Waals surface area contributed by atoms with Gasteiger partial charge < -0.3 is 10.1 Å². The van der Waals surface area contributed by atoms with Crippen molar-refractivity contribution in [1.29, 1.82) is 0 Å². The Labute approximate surface area is 162 Å². The first-order valence-corrected chi connectivity index (χ1v) is 9.74. The maximum Gasteiger partial charge on any atom is 0.263 e. The number of carbonyl (C=O) groups excluding carboxylic acids is 1. The molecule has 0 radical (unpaired) electrons. The minimum atomic E-state index is -3.84. The molecule has 1 heterocycles. The Kier molecular flexibility index (Phi) is 5.55. The van der Waals surface area contributed by atoms with Crippen molar-refractivity contribution < 1.29 is 17.9 Å². The lowest BCUT2D eigenvalue weighted by molar-refractivity contribution is 0.102. The number of nitrogens with zero attached hydrogens (tertiary/aromatic N) is 2. The number of benzene rings is 2. The Hall–Kier alpha value is -3.46. The number of nitrogens with one attached hydrogen (secondary N) is 2. The summed E-state index contributed by atoms with van der Waals surface area (Å²) >= 11 is 0. The third-order valence-corrected chi connectivity index (χ3v) is 5.16. The molecule has 0 unspecified atom stereocenters. The number of rotatable bonds is 6. The number of aryl methyl sites for hydroxylation is 1. The van der Waals surface area contributed by atoms with E-state index in [-0.39, 0.29) is 22.5 Å². The number of carbonyl (C=O) groups is 1. The molecule has 1 amide bonds. The van der Waals surface area contributed by atoms with Crippen molar-refractivity contribution in [2.24, 2.45) is 0 Å². The largest absolute Gasteiger partial charge is 0.480 e. The maximum absolute atomic E-state index is 12.5. The summed E-state index contributed by atoms with van der Waals surface area (Å²) in [6.07, 6.45) is 0. The monoisotopic (exact) mass is 398 g/mol. The highest BCUT2D eigenvalue weighted by molar-refractivity contribution is 7.92. The van der Waals surface area contributed by atoms with Gasteiger partial charge in [-0.2, -0.15) is 0 Å². The molecule has 0 saturated heterocycles. The van der Waals surface area contributed by atoms with E-state index >= 15 is 0 Å². The van der Waals surface area contributed by atoms with Crippen molar-refractivity contribution in [3.8, 4) is 5.88 Å². The Morgan fingerprint density at radius 2 is 1.75 bits per heavy atom. The normalized spacial score (nSPS) is 10.9. The Balaban J connectivity index is 1.71. The van der Waals surface area contributed by atoms with Crippen LogP contribution in [0, 0.1) is 6.92 Å². The fraction of sp³-hybridized carbons (Fsp3) is 0.105. The molecule has 0 aliphatic heterocycles. The zero-order valence-electron chi connectivity index (χ0n) is 15.2. The van der Waals surface area contributed by atoms with Crippen LogP contribution in [0.25, 0.3) is 0 Å². The zero-order chi connectivity index (χ0) is 20.1. The molecule has 2 aromatic carbocycles. The van der Waals surface area contributed by atoms with Gasteiger partial charge in [0.25, 0.3) is 15.9 Å². The van der Waals surface area contributed by atoms with Crippen LogP contribution in [0.4, 0.5) is 11.5 Å². The van der Waals surface area contributed by atoms with E-state index < -0.39 is 10.0 Å². The van der Waals surface area contributed by atoms with Crippen molar-refractivity contribution in [2.45, 2.75) is 11.8 Å². The highest BCUT2D eigenvalue weighted by Gasteiger charge is 2.15. The number of methoxy groups -OCH3 is 1. The molecular formula is C19H18N4O4S. The second kappa shape index (κ2) is 8.05. The van der Waals surface area contributed by atoms with Crippen molar-refractivity contribution in [2.75, 3.05) is 17.1 Å². The number of ether oxygens (including phenoxy) is 1. The third kappa shape index (κ3) is 4.63. The molecule has 0 saturated carbocycles. The molecule has 3 rings (SSSR count). The number of sulfonamides is 1. The molecule has 0 bridgehead atoms. The summed E-state index contributed by atoms with van der Waals surface area (Å²) in [5.41, 5.74) is 1.98. The van der Waals surface area contributed by atoms with E-state index in [2.05, 4.69) is 20.2 Å². The van der Waals surface area contributed by atoms with Gasteiger partial charge in [-0.3, -0.25) is 9.52 Å². The molecule has 3 aromatic rings. The highest BCUT2D eigenvalue weighted by Crippen LogP contribution is 2.18. The lowest BCUT2D eigenvalue weighted by atomic mass is 10.1. The molecule has 0 fully saturated rings. The molecule has 9 heteroatoms. The number of hydrogen-bond donors (Lipinski definition) is 2. The van der Waals surface area contributed by atoms with Crippen LogP contribution in [0.2, 0.25) is 0 Å². The summed E-state index contributed by atoms with van der Waals surface area (Å²) in [7, 11) is -2.40. The predicted molar refractivity (Wildman–Crippen MR) is 105 cm³/mol. The van der Waals surface area contributed by atoms with Gasteiger partial charge in [-0.1, -0.05) is 17.7 Å². The van der Waals surface area contributed by atoms with Gasteiger partial charge in [-0.25, -0.2) is 8.42 Å². The number of amides is 1. The first-order chi connectivity index (χ1) is 13.4. The molecule has 0 spiro atoms. The summed E-state index contributed by atoms with van der Waals surface area (Å²) in [6, 6.07) is 15.9. The van der Waals surface area contributed by atoms with Gasteiger partial charge in [0.15, 0.2) is 5.82 Å². The SMILES string of the molecule is COc1ccc(NS(=O)(=O)c2ccc(NC(=O)c3cccc(C)c3)cc2)nn1. The lowest BCUT2D eigenvalue weighted by Crippen LogP contribution is -2.15. The Bertz CT molecular complexity index is 1080. The highest BCUT2D eigenvalue weighted by atomic mass is 32.2. The smallest absolute Gasteiger partial charge is 0.263 e. The van der Waals surface area contributed by atoms with E-state index in [1.54, 1.807) is 18.2 Å². The van der Waals surface area contributed by atoms with Crippen molar-refractivity contribution in [1.82, 2.24) is 10.2 Å². The van der Waals surface area contributed by atoms with E-state index in [0.29, 0.717) is 11.3 Å². The molecule has 0 aliphatic carbocycles. The minimum absolute atomic E-state index is 0.0265. The molecule has 0 aliphatic rings. The maximum atomic E-state index is 12.5. The summed E-state index contributed by atoms with van der Waals surface area (Å²) in [5.74, 6) is 0.0696. The minimum Gasteiger partial charge on any atom is -0.480 e. The first-order valence-electron chi connectivity index (χ1n) is 8.26. The summed E-state index contributed by atoms with van der Waals surface area (Å²) < 4.78 is 32.1. The van der Waals surface area contributed by atoms with Gasteiger partial charge in [0, 0.05) is 17.3 Å². The second-order valence-electron chi connectivity index (χ2n) is 5.91. The summed E-state index contributed by atoms with van der Waals surface area (Å²) in [5, 5.41) is 10.2. The van der Waals surface area contributed by atoms with Gasteiger partial charge in [0.1, 0.15) is 0 Å². The van der Waals surface area contributed by atoms with Crippen LogP contribution in [0.1, 0.15) is 15.9 Å². The van der Waals surface area contributed by atoms with Crippen molar-refractivity contribution in [3.63, 3.8) is 0 Å². The van der Waals surface area contributed by atoms with Crippen LogP contribution < -0.4 is 14.8 Å². The number of hydrogen-bond acceptors (Lipinski definition) is 6. The summed E-state index contributed by atoms with van der Waals surface area (Å²) in [6.45, 7) is 1.90. The van der Waals surface area contributed by atoms with Crippen LogP contribution in [-0.2, 0) is 10.0 Å². The second-order valence-corrected chi connectivity index (χ2v) is 7.60. The fourth-order valence-corrected chi connectivity index (χ4v) is 3.38. The van der Waals surface area contributed by atoms with Crippen LogP contribution in [-0.4, -0.2) is 31.6 Å². The molecule has 1 aromatic heterocycles. The topological polar surface area (TPSA) is 110 Å². The van der Waals surface area contributed by atoms with Crippen LogP contribution in [0.3, 0.4) is 0 Å². The van der Waals surface area contributed by atoms with Crippen molar-refractivity contribution in [3.05, 3.63) is 71.8 Å². The summed E-state index contributed by atoms with van der Waals surface area (Å²) in [4.78, 5) is 12.3. The average molecular weight is 398 g/mol. The van der Waals surface area contributed by atoms with Gasteiger partial charge in [-0.05, 0) is 49.4 Å². The quantitative estimate of drug-likeness (QED) is 0.661. The van der Waals surface area contributed by atoms with E-state index in [1.807, 2.05) is 13.0 Å². The van der Waals surface area contributed by atoms with Gasteiger partial charge in [-0.15, -0.1) is 10.2 Å². The third-order valence-electron chi connectivity index (χ3n) is 3.79. The number of anilines is 2. The molecule has 2 N–H and O–H groups in total. The predicted octanol–water partition coefficient (Wildman–Crippen LogP) is 2.85. The van der Waals surface area contributed by atoms with Gasteiger partial charge in [0.2, 0.25) is 5.88 Å². The fourth-order valence-electron chi connectivity index (χ4n) is 2.39. The number of aromatic nitrogens is 2. The van der Waals surface area contributed by atoms with E-state index in [1.165, 1.54) is 43.5 Å². The molecule has 144 valence electrons. The van der Waals surface area contributed by atoms with Crippen LogP contribution >= 0.6 is 0 Å². The van der Waals surface area contributed by atoms with Gasteiger partial charge in [0.05, 0.1) is 12.0 Å². The molecule has 28 heavy (non-hydrogen) atoms. The van der Waals surface area contributed by atoms with Gasteiger partial charge >= 0.3 is 0 Å². The van der Waals surface area contributed by atoms with Crippen molar-refractivity contribution >= 4 is 27.4 Å². The molecular weight excluding hydrogens is 380 g/mol. The Morgan fingerprint density at radius 1 is 1.00 bits per heavy atom. The lowest BCUT2D eigenvalue weighted by Gasteiger charge is -2.09. The van der Waals surface area contributed by atoms with Crippen LogP contribution in [0.15, 0.2) is 65.6 Å². The average Bonchev–Trinajstić information content (AvgIpc) is 2.69. The van der Waals surface area contributed by atoms with Crippen LogP contribution in [0.5, 0.6) is 5.88 Å². The first kappa shape index (κ1) is 19.3. The molecule has 0 atom stereocenters. The standard InChI is InChI=1S/C19H18N4O4S/c1-13-4-3-5-14(12-13)19(24)20-15-6-8-16(9-7-15)28(25,26)23-17-10-11-18(27-2)22-21-17/h3-12H,1-2H3,(H,20,24)(H,21,23).